The van der Waals surface area contributed by atoms with Crippen molar-refractivity contribution in [2.45, 2.75) is 6.54 Å². The van der Waals surface area contributed by atoms with Gasteiger partial charge in [0.1, 0.15) is 6.07 Å². The van der Waals surface area contributed by atoms with Gasteiger partial charge in [-0.1, -0.05) is 30.3 Å². The van der Waals surface area contributed by atoms with Crippen LogP contribution in [0.25, 0.3) is 0 Å². The first-order chi connectivity index (χ1) is 9.35. The van der Waals surface area contributed by atoms with Gasteiger partial charge in [-0.05, 0) is 11.6 Å². The first-order valence-corrected chi connectivity index (χ1v) is 5.96. The van der Waals surface area contributed by atoms with E-state index < -0.39 is 0 Å². The Kier molecular flexibility index (Phi) is 4.43. The molecule has 0 spiro atoms. The number of hydrogen-bond donors (Lipinski definition) is 1. The van der Waals surface area contributed by atoms with Crippen LogP contribution in [0.2, 0.25) is 0 Å². The first-order valence-electron chi connectivity index (χ1n) is 5.96. The fraction of sp³-hybridized carbons (Fsp3) is 0.214. The van der Waals surface area contributed by atoms with Crippen molar-refractivity contribution in [1.29, 1.82) is 5.26 Å². The van der Waals surface area contributed by atoms with Gasteiger partial charge in [-0.15, -0.1) is 5.10 Å². The smallest absolute Gasteiger partial charge is 0.169 e. The Balaban J connectivity index is 2.27. The Labute approximate surface area is 111 Å². The number of aromatic nitrogens is 2. The molecule has 5 nitrogen and oxygen atoms in total. The van der Waals surface area contributed by atoms with Crippen LogP contribution in [0.1, 0.15) is 11.1 Å². The largest absolute Gasteiger partial charge is 0.395 e. The molecule has 0 amide bonds. The molecule has 19 heavy (non-hydrogen) atoms. The van der Waals surface area contributed by atoms with E-state index in [0.717, 1.165) is 5.56 Å². The average molecular weight is 254 g/mol. The highest BCUT2D eigenvalue weighted by Gasteiger charge is 2.13. The summed E-state index contributed by atoms with van der Waals surface area (Å²) in [4.78, 5) is 1.85. The third-order valence-corrected chi connectivity index (χ3v) is 2.71. The van der Waals surface area contributed by atoms with Gasteiger partial charge in [-0.25, -0.2) is 0 Å². The Morgan fingerprint density at radius 2 is 2.00 bits per heavy atom. The molecule has 1 aromatic heterocycles. The zero-order chi connectivity index (χ0) is 13.5. The lowest BCUT2D eigenvalue weighted by atomic mass is 10.2. The molecule has 0 aliphatic carbocycles. The van der Waals surface area contributed by atoms with Gasteiger partial charge in [-0.2, -0.15) is 10.4 Å². The van der Waals surface area contributed by atoms with Crippen molar-refractivity contribution in [1.82, 2.24) is 10.2 Å². The minimum atomic E-state index is -0.00568. The number of rotatable bonds is 5. The van der Waals surface area contributed by atoms with Gasteiger partial charge in [0.15, 0.2) is 5.82 Å². The fourth-order valence-electron chi connectivity index (χ4n) is 1.83. The number of nitrogens with zero attached hydrogens (tertiary/aromatic N) is 4. The van der Waals surface area contributed by atoms with Gasteiger partial charge in [-0.3, -0.25) is 0 Å². The van der Waals surface area contributed by atoms with E-state index in [1.807, 2.05) is 35.2 Å². The summed E-state index contributed by atoms with van der Waals surface area (Å²) in [5.74, 6) is 0.503. The van der Waals surface area contributed by atoms with Crippen LogP contribution in [0, 0.1) is 11.3 Å². The molecule has 0 aliphatic rings. The van der Waals surface area contributed by atoms with E-state index in [9.17, 15) is 0 Å². The predicted molar refractivity (Wildman–Crippen MR) is 71.3 cm³/mol. The first kappa shape index (κ1) is 13.0. The molecule has 0 saturated heterocycles. The van der Waals surface area contributed by atoms with E-state index >= 15 is 0 Å². The predicted octanol–water partition coefficient (Wildman–Crippen LogP) is 1.35. The SMILES string of the molecule is N#Cc1ccnnc1N(CCO)Cc1ccccc1. The van der Waals surface area contributed by atoms with Crippen molar-refractivity contribution in [3.63, 3.8) is 0 Å². The van der Waals surface area contributed by atoms with Crippen molar-refractivity contribution in [3.05, 3.63) is 53.7 Å². The minimum absolute atomic E-state index is 0.00568. The van der Waals surface area contributed by atoms with Crippen LogP contribution in [-0.2, 0) is 6.54 Å². The van der Waals surface area contributed by atoms with Crippen molar-refractivity contribution >= 4 is 5.82 Å². The molecule has 96 valence electrons. The monoisotopic (exact) mass is 254 g/mol. The van der Waals surface area contributed by atoms with Crippen LogP contribution in [0.5, 0.6) is 0 Å². The summed E-state index contributed by atoms with van der Waals surface area (Å²) >= 11 is 0. The zero-order valence-corrected chi connectivity index (χ0v) is 10.4. The molecule has 2 aromatic rings. The number of benzene rings is 1. The number of nitriles is 1. The second-order valence-electron chi connectivity index (χ2n) is 4.01. The van der Waals surface area contributed by atoms with Crippen molar-refractivity contribution in [2.24, 2.45) is 0 Å². The van der Waals surface area contributed by atoms with Crippen LogP contribution in [0.4, 0.5) is 5.82 Å². The summed E-state index contributed by atoms with van der Waals surface area (Å²) < 4.78 is 0. The summed E-state index contributed by atoms with van der Waals surface area (Å²) in [7, 11) is 0. The third kappa shape index (κ3) is 3.27. The van der Waals surface area contributed by atoms with Crippen LogP contribution < -0.4 is 4.90 Å². The molecule has 0 fully saturated rings. The molecule has 0 atom stereocenters. The second kappa shape index (κ2) is 6.47. The van der Waals surface area contributed by atoms with E-state index in [1.165, 1.54) is 6.20 Å². The van der Waals surface area contributed by atoms with Crippen molar-refractivity contribution < 1.29 is 5.11 Å². The maximum absolute atomic E-state index is 9.17. The topological polar surface area (TPSA) is 73.0 Å². The normalized spacial score (nSPS) is 9.89. The van der Waals surface area contributed by atoms with E-state index in [0.29, 0.717) is 24.5 Å². The van der Waals surface area contributed by atoms with Gasteiger partial charge >= 0.3 is 0 Å². The Bertz CT molecular complexity index is 565. The molecule has 0 radical (unpaired) electrons. The molecule has 1 N–H and O–H groups in total. The quantitative estimate of drug-likeness (QED) is 0.871. The molecule has 0 unspecified atom stereocenters. The minimum Gasteiger partial charge on any atom is -0.395 e. The molecular formula is C14H14N4O. The molecule has 0 saturated carbocycles. The summed E-state index contributed by atoms with van der Waals surface area (Å²) in [6, 6.07) is 13.6. The zero-order valence-electron chi connectivity index (χ0n) is 10.4. The number of anilines is 1. The molecule has 0 aliphatic heterocycles. The van der Waals surface area contributed by atoms with Gasteiger partial charge in [0.25, 0.3) is 0 Å². The van der Waals surface area contributed by atoms with Gasteiger partial charge in [0.05, 0.1) is 18.4 Å². The maximum atomic E-state index is 9.17. The summed E-state index contributed by atoms with van der Waals surface area (Å²) in [5.41, 5.74) is 1.55. The molecule has 5 heteroatoms. The third-order valence-electron chi connectivity index (χ3n) is 2.71. The highest BCUT2D eigenvalue weighted by atomic mass is 16.3. The maximum Gasteiger partial charge on any atom is 0.169 e. The van der Waals surface area contributed by atoms with Crippen molar-refractivity contribution in [3.8, 4) is 6.07 Å². The number of hydrogen-bond acceptors (Lipinski definition) is 5. The van der Waals surface area contributed by atoms with Gasteiger partial charge in [0, 0.05) is 13.1 Å². The lowest BCUT2D eigenvalue weighted by Gasteiger charge is -2.23. The highest BCUT2D eigenvalue weighted by Crippen LogP contribution is 2.17. The van der Waals surface area contributed by atoms with E-state index in [2.05, 4.69) is 16.3 Å². The molecule has 1 aromatic carbocycles. The fourth-order valence-corrected chi connectivity index (χ4v) is 1.83. The summed E-state index contributed by atoms with van der Waals surface area (Å²) in [5, 5.41) is 26.1. The van der Waals surface area contributed by atoms with Gasteiger partial charge < -0.3 is 10.0 Å². The van der Waals surface area contributed by atoms with Crippen LogP contribution in [0.15, 0.2) is 42.6 Å². The molecule has 2 rings (SSSR count). The molecular weight excluding hydrogens is 240 g/mol. The van der Waals surface area contributed by atoms with Crippen LogP contribution in [0.3, 0.4) is 0 Å². The van der Waals surface area contributed by atoms with Crippen LogP contribution >= 0.6 is 0 Å². The highest BCUT2D eigenvalue weighted by molar-refractivity contribution is 5.52. The Morgan fingerprint density at radius 3 is 2.68 bits per heavy atom. The number of aliphatic hydroxyl groups excluding tert-OH is 1. The molecule has 0 bridgehead atoms. The van der Waals surface area contributed by atoms with Gasteiger partial charge in [0.2, 0.25) is 0 Å². The lowest BCUT2D eigenvalue weighted by Crippen LogP contribution is -2.28. The average Bonchev–Trinajstić information content (AvgIpc) is 2.48. The summed E-state index contributed by atoms with van der Waals surface area (Å²) in [6.45, 7) is 0.977. The summed E-state index contributed by atoms with van der Waals surface area (Å²) in [6.07, 6.45) is 1.49. The van der Waals surface area contributed by atoms with E-state index in [-0.39, 0.29) is 6.61 Å². The Hall–Kier alpha value is -2.45. The van der Waals surface area contributed by atoms with Crippen LogP contribution in [-0.4, -0.2) is 28.5 Å². The standard InChI is InChI=1S/C14H14N4O/c15-10-13-6-7-16-17-14(13)18(8-9-19)11-12-4-2-1-3-5-12/h1-7,19H,8-9,11H2. The van der Waals surface area contributed by atoms with E-state index in [1.54, 1.807) is 6.07 Å². The molecule has 1 heterocycles. The Morgan fingerprint density at radius 1 is 1.21 bits per heavy atom. The number of aliphatic hydroxyl groups is 1. The lowest BCUT2D eigenvalue weighted by molar-refractivity contribution is 0.301. The second-order valence-corrected chi connectivity index (χ2v) is 4.01. The van der Waals surface area contributed by atoms with Crippen molar-refractivity contribution in [2.75, 3.05) is 18.1 Å². The van der Waals surface area contributed by atoms with E-state index in [4.69, 9.17) is 10.4 Å².